The second-order valence-corrected chi connectivity index (χ2v) is 12.8. The first-order valence-electron chi connectivity index (χ1n) is 13.5. The Morgan fingerprint density at radius 1 is 1.29 bits per heavy atom. The number of thioether (sulfide) groups is 1. The number of ether oxygens (including phenoxy) is 1. The van der Waals surface area contributed by atoms with Gasteiger partial charge in [-0.2, -0.15) is 0 Å². The highest BCUT2D eigenvalue weighted by Gasteiger charge is 2.74. The Balaban J connectivity index is 1.83. The van der Waals surface area contributed by atoms with Gasteiger partial charge in [-0.05, 0) is 56.2 Å². The second-order valence-electron chi connectivity index (χ2n) is 11.2. The number of hydrogen-bond acceptors (Lipinski definition) is 6. The lowest BCUT2D eigenvalue weighted by Crippen LogP contribution is -2.58. The Hall–Kier alpha value is -2.58. The van der Waals surface area contributed by atoms with Crippen molar-refractivity contribution in [1.29, 1.82) is 0 Å². The van der Waals surface area contributed by atoms with Gasteiger partial charge in [-0.1, -0.05) is 44.7 Å². The van der Waals surface area contributed by atoms with Gasteiger partial charge in [0.05, 0.1) is 29.2 Å². The number of benzene rings is 1. The quantitative estimate of drug-likeness (QED) is 0.337. The maximum absolute atomic E-state index is 14.7. The average molecular weight is 541 g/mol. The first-order chi connectivity index (χ1) is 18.1. The minimum absolute atomic E-state index is 0.0787. The van der Waals surface area contributed by atoms with Gasteiger partial charge in [0.15, 0.2) is 0 Å². The van der Waals surface area contributed by atoms with Crippen molar-refractivity contribution in [1.82, 2.24) is 4.90 Å². The number of hydrogen-bond donors (Lipinski definition) is 1. The van der Waals surface area contributed by atoms with Crippen molar-refractivity contribution in [2.45, 2.75) is 69.0 Å². The predicted octanol–water partition coefficient (Wildman–Crippen LogP) is 4.05. The average Bonchev–Trinajstić information content (AvgIpc) is 3.53. The minimum atomic E-state index is -0.803. The zero-order valence-electron chi connectivity index (χ0n) is 22.9. The molecular formula is C30H40N2O5S. The molecule has 8 heteroatoms. The fraction of sp³-hybridized carbons (Fsp3) is 0.567. The van der Waals surface area contributed by atoms with Crippen LogP contribution in [-0.2, 0) is 19.1 Å². The number of aliphatic hydroxyl groups excluding tert-OH is 1. The summed E-state index contributed by atoms with van der Waals surface area (Å²) in [6, 6.07) is 4.66. The Labute approximate surface area is 230 Å². The molecule has 3 saturated heterocycles. The van der Waals surface area contributed by atoms with Crippen molar-refractivity contribution < 1.29 is 24.2 Å². The van der Waals surface area contributed by atoms with Crippen LogP contribution in [-0.4, -0.2) is 69.6 Å². The summed E-state index contributed by atoms with van der Waals surface area (Å²) < 4.78 is 4.70. The van der Waals surface area contributed by atoms with E-state index in [1.54, 1.807) is 27.6 Å². The number of aryl methyl sites for hydroxylation is 2. The summed E-state index contributed by atoms with van der Waals surface area (Å²) >= 11 is 1.60. The van der Waals surface area contributed by atoms with Gasteiger partial charge >= 0.3 is 5.97 Å². The zero-order chi connectivity index (χ0) is 27.8. The van der Waals surface area contributed by atoms with E-state index < -0.39 is 34.6 Å². The van der Waals surface area contributed by atoms with Gasteiger partial charge in [-0.3, -0.25) is 14.4 Å². The first kappa shape index (κ1) is 28.4. The van der Waals surface area contributed by atoms with Crippen LogP contribution in [0.4, 0.5) is 5.69 Å². The van der Waals surface area contributed by atoms with Gasteiger partial charge in [-0.15, -0.1) is 18.3 Å². The van der Waals surface area contributed by atoms with E-state index in [1.807, 2.05) is 45.9 Å². The molecule has 3 heterocycles. The standard InChI is InChI=1S/C30H40N2O5S/c1-7-13-31(22-16-19(5)9-10-20(22)6)28(35)26-30-12-11-23(38-30)24(29(36)37-14-8-2)25(30)27(34)32(26)21(17-33)15-18(3)4/h7-10,16,18,21,23-26,33H,1-2,11-15,17H2,3-6H3/t21-,23-,24+,25+,26?,30?/m1/s1. The maximum Gasteiger partial charge on any atom is 0.311 e. The summed E-state index contributed by atoms with van der Waals surface area (Å²) in [7, 11) is 0. The van der Waals surface area contributed by atoms with Crippen LogP contribution in [0.25, 0.3) is 0 Å². The van der Waals surface area contributed by atoms with E-state index in [0.717, 1.165) is 23.2 Å². The van der Waals surface area contributed by atoms with Gasteiger partial charge < -0.3 is 19.6 Å². The summed E-state index contributed by atoms with van der Waals surface area (Å²) in [5.74, 6) is -1.90. The molecule has 2 unspecified atom stereocenters. The molecule has 1 aromatic rings. The van der Waals surface area contributed by atoms with Crippen LogP contribution in [0.15, 0.2) is 43.5 Å². The van der Waals surface area contributed by atoms with E-state index in [-0.39, 0.29) is 42.7 Å². The minimum Gasteiger partial charge on any atom is -0.461 e. The summed E-state index contributed by atoms with van der Waals surface area (Å²) in [4.78, 5) is 45.5. The van der Waals surface area contributed by atoms with Crippen molar-refractivity contribution in [3.8, 4) is 0 Å². The molecule has 1 spiro atoms. The lowest BCUT2D eigenvalue weighted by atomic mass is 9.71. The van der Waals surface area contributed by atoms with E-state index in [1.165, 1.54) is 6.08 Å². The molecule has 3 aliphatic rings. The SMILES string of the molecule is C=CCOC(=O)[C@@H]1[C@H]2C(=O)N([C@@H](CO)CC(C)C)C(C(=O)N(CC=C)c3cc(C)ccc3C)C23CC[C@H]1S3. The molecule has 206 valence electrons. The number of likely N-dealkylation sites (tertiary alicyclic amines) is 1. The van der Waals surface area contributed by atoms with E-state index in [0.29, 0.717) is 12.8 Å². The third-order valence-corrected chi connectivity index (χ3v) is 10.1. The molecule has 0 saturated carbocycles. The highest BCUT2D eigenvalue weighted by molar-refractivity contribution is 8.02. The van der Waals surface area contributed by atoms with Gasteiger partial charge in [0, 0.05) is 17.5 Å². The third-order valence-electron chi connectivity index (χ3n) is 8.17. The molecule has 1 N–H and O–H groups in total. The number of rotatable bonds is 11. The zero-order valence-corrected chi connectivity index (χ0v) is 23.7. The van der Waals surface area contributed by atoms with Gasteiger partial charge in [0.25, 0.3) is 5.91 Å². The number of carbonyl (C=O) groups excluding carboxylic acids is 3. The molecule has 3 fully saturated rings. The highest BCUT2D eigenvalue weighted by atomic mass is 32.2. The Morgan fingerprint density at radius 3 is 2.66 bits per heavy atom. The van der Waals surface area contributed by atoms with Crippen molar-refractivity contribution in [2.75, 3.05) is 24.7 Å². The molecule has 4 rings (SSSR count). The molecule has 0 aromatic heterocycles. The third kappa shape index (κ3) is 4.70. The predicted molar refractivity (Wildman–Crippen MR) is 151 cm³/mol. The fourth-order valence-corrected chi connectivity index (χ4v) is 8.87. The molecule has 3 aliphatic heterocycles. The lowest BCUT2D eigenvalue weighted by Gasteiger charge is -2.40. The summed E-state index contributed by atoms with van der Waals surface area (Å²) in [5.41, 5.74) is 2.76. The summed E-state index contributed by atoms with van der Waals surface area (Å²) in [6.07, 6.45) is 5.16. The number of amides is 2. The molecule has 0 aliphatic carbocycles. The largest absolute Gasteiger partial charge is 0.461 e. The van der Waals surface area contributed by atoms with Crippen molar-refractivity contribution in [2.24, 2.45) is 17.8 Å². The van der Waals surface area contributed by atoms with Gasteiger partial charge in [-0.25, -0.2) is 0 Å². The summed E-state index contributed by atoms with van der Waals surface area (Å²) in [6.45, 7) is 15.7. The van der Waals surface area contributed by atoms with E-state index in [9.17, 15) is 19.5 Å². The van der Waals surface area contributed by atoms with Crippen molar-refractivity contribution >= 4 is 35.2 Å². The monoisotopic (exact) mass is 540 g/mol. The lowest BCUT2D eigenvalue weighted by molar-refractivity contribution is -0.153. The molecule has 38 heavy (non-hydrogen) atoms. The maximum atomic E-state index is 14.7. The first-order valence-corrected chi connectivity index (χ1v) is 14.4. The van der Waals surface area contributed by atoms with Crippen LogP contribution >= 0.6 is 11.8 Å². The molecule has 7 nitrogen and oxygen atoms in total. The van der Waals surface area contributed by atoms with Crippen LogP contribution in [0.3, 0.4) is 0 Å². The van der Waals surface area contributed by atoms with E-state index >= 15 is 0 Å². The van der Waals surface area contributed by atoms with Crippen molar-refractivity contribution in [3.63, 3.8) is 0 Å². The topological polar surface area (TPSA) is 87.1 Å². The Kier molecular flexibility index (Phi) is 8.43. The molecule has 1 aromatic carbocycles. The smallest absolute Gasteiger partial charge is 0.311 e. The number of aliphatic hydroxyl groups is 1. The van der Waals surface area contributed by atoms with Crippen LogP contribution in [0.5, 0.6) is 0 Å². The molecule has 2 bridgehead atoms. The second kappa shape index (κ2) is 11.3. The number of carbonyl (C=O) groups is 3. The van der Waals surface area contributed by atoms with Gasteiger partial charge in [0.2, 0.25) is 5.91 Å². The Morgan fingerprint density at radius 2 is 2.03 bits per heavy atom. The molecule has 2 amide bonds. The number of fused-ring (bicyclic) bond motifs is 1. The fourth-order valence-electron chi connectivity index (χ4n) is 6.68. The molecule has 0 radical (unpaired) electrons. The van der Waals surface area contributed by atoms with Gasteiger partial charge in [0.1, 0.15) is 12.6 Å². The van der Waals surface area contributed by atoms with E-state index in [2.05, 4.69) is 13.2 Å². The van der Waals surface area contributed by atoms with Crippen LogP contribution in [0.2, 0.25) is 0 Å². The van der Waals surface area contributed by atoms with Crippen LogP contribution in [0.1, 0.15) is 44.2 Å². The normalized spacial score (nSPS) is 28.4. The molecule has 6 atom stereocenters. The van der Waals surface area contributed by atoms with Crippen LogP contribution in [0, 0.1) is 31.6 Å². The van der Waals surface area contributed by atoms with Crippen molar-refractivity contribution in [3.05, 3.63) is 54.6 Å². The van der Waals surface area contributed by atoms with Crippen LogP contribution < -0.4 is 4.90 Å². The summed E-state index contributed by atoms with van der Waals surface area (Å²) in [5, 5.41) is 10.4. The molecular weight excluding hydrogens is 500 g/mol. The number of esters is 1. The number of nitrogens with zero attached hydrogens (tertiary/aromatic N) is 2. The van der Waals surface area contributed by atoms with E-state index in [4.69, 9.17) is 4.74 Å². The highest BCUT2D eigenvalue weighted by Crippen LogP contribution is 2.67. The Bertz CT molecular complexity index is 1120. The number of anilines is 1.